The molecule has 0 saturated carbocycles. The number of nitrogens with zero attached hydrogens (tertiary/aromatic N) is 2. The van der Waals surface area contributed by atoms with Crippen molar-refractivity contribution in [3.05, 3.63) is 52.7 Å². The van der Waals surface area contributed by atoms with E-state index in [0.29, 0.717) is 42.8 Å². The molecule has 1 fully saturated rings. The quantitative estimate of drug-likeness (QED) is 0.734. The van der Waals surface area contributed by atoms with Crippen molar-refractivity contribution in [1.82, 2.24) is 10.1 Å². The maximum Gasteiger partial charge on any atom is 0.314 e. The summed E-state index contributed by atoms with van der Waals surface area (Å²) < 4.78 is 23.8. The summed E-state index contributed by atoms with van der Waals surface area (Å²) in [5, 5.41) is 3.86. The van der Waals surface area contributed by atoms with Gasteiger partial charge in [0, 0.05) is 13.1 Å². The zero-order valence-electron chi connectivity index (χ0n) is 16.5. The fraction of sp³-hybridized carbons (Fsp3) is 0.476. The molecule has 1 amide bonds. The van der Waals surface area contributed by atoms with Gasteiger partial charge in [0.2, 0.25) is 0 Å². The topological polar surface area (TPSA) is 72.6 Å². The average molecular weight is 388 g/mol. The number of likely N-dealkylation sites (tertiary alicyclic amines) is 1. The van der Waals surface area contributed by atoms with E-state index in [-0.39, 0.29) is 30.8 Å². The van der Waals surface area contributed by atoms with Gasteiger partial charge in [-0.3, -0.25) is 9.59 Å². The Hall–Kier alpha value is -2.70. The third kappa shape index (κ3) is 3.93. The number of aromatic nitrogens is 1. The van der Waals surface area contributed by atoms with E-state index < -0.39 is 5.41 Å². The Kier molecular flexibility index (Phi) is 5.82. The number of hydrogen-bond donors (Lipinski definition) is 0. The third-order valence-corrected chi connectivity index (χ3v) is 5.28. The van der Waals surface area contributed by atoms with Crippen LogP contribution in [-0.2, 0) is 16.0 Å². The van der Waals surface area contributed by atoms with E-state index in [1.807, 2.05) is 0 Å². The van der Waals surface area contributed by atoms with Gasteiger partial charge in [-0.1, -0.05) is 17.3 Å². The maximum absolute atomic E-state index is 13.3. The highest BCUT2D eigenvalue weighted by molar-refractivity contribution is 5.96. The lowest BCUT2D eigenvalue weighted by atomic mass is 9.75. The van der Waals surface area contributed by atoms with Gasteiger partial charge in [-0.05, 0) is 57.7 Å². The number of carbonyl (C=O) groups is 2. The number of esters is 1. The smallest absolute Gasteiger partial charge is 0.314 e. The molecule has 0 aliphatic carbocycles. The van der Waals surface area contributed by atoms with Gasteiger partial charge in [0.1, 0.15) is 17.1 Å². The highest BCUT2D eigenvalue weighted by atomic mass is 19.1. The van der Waals surface area contributed by atoms with Gasteiger partial charge in [-0.25, -0.2) is 4.39 Å². The van der Waals surface area contributed by atoms with Crippen molar-refractivity contribution in [2.24, 2.45) is 5.41 Å². The second-order valence-corrected chi connectivity index (χ2v) is 7.33. The third-order valence-electron chi connectivity index (χ3n) is 5.28. The molecule has 1 saturated heterocycles. The molecule has 1 aliphatic heterocycles. The van der Waals surface area contributed by atoms with Gasteiger partial charge in [0.25, 0.3) is 5.91 Å². The van der Waals surface area contributed by atoms with Gasteiger partial charge < -0.3 is 14.2 Å². The second kappa shape index (κ2) is 8.12. The summed E-state index contributed by atoms with van der Waals surface area (Å²) in [5.74, 6) is -0.375. The van der Waals surface area contributed by atoms with Crippen LogP contribution in [-0.4, -0.2) is 41.6 Å². The summed E-state index contributed by atoms with van der Waals surface area (Å²) in [4.78, 5) is 27.7. The molecule has 1 aliphatic rings. The predicted octanol–water partition coefficient (Wildman–Crippen LogP) is 3.46. The molecular weight excluding hydrogens is 363 g/mol. The number of benzene rings is 1. The van der Waals surface area contributed by atoms with E-state index in [2.05, 4.69) is 5.16 Å². The SMILES string of the molecule is CCOC(=O)C1(Cc2ccc(F)cc2)CCCN(C(=O)c2c(C)noc2C)C1. The molecule has 28 heavy (non-hydrogen) atoms. The Balaban J connectivity index is 1.90. The number of ether oxygens (including phenoxy) is 1. The molecule has 1 aromatic heterocycles. The number of halogens is 1. The van der Waals surface area contributed by atoms with Crippen LogP contribution < -0.4 is 0 Å². The Morgan fingerprint density at radius 3 is 2.61 bits per heavy atom. The number of piperidine rings is 1. The van der Waals surface area contributed by atoms with Gasteiger partial charge in [-0.2, -0.15) is 0 Å². The molecule has 3 rings (SSSR count). The molecule has 0 radical (unpaired) electrons. The van der Waals surface area contributed by atoms with Gasteiger partial charge in [0.05, 0.1) is 17.7 Å². The van der Waals surface area contributed by atoms with E-state index in [0.717, 1.165) is 5.56 Å². The minimum absolute atomic E-state index is 0.191. The maximum atomic E-state index is 13.3. The minimum atomic E-state index is -0.860. The van der Waals surface area contributed by atoms with Crippen LogP contribution in [0.5, 0.6) is 0 Å². The minimum Gasteiger partial charge on any atom is -0.466 e. The first-order valence-electron chi connectivity index (χ1n) is 9.50. The number of rotatable bonds is 5. The van der Waals surface area contributed by atoms with Gasteiger partial charge in [0.15, 0.2) is 0 Å². The Morgan fingerprint density at radius 2 is 2.00 bits per heavy atom. The van der Waals surface area contributed by atoms with Crippen molar-refractivity contribution in [2.45, 2.75) is 40.0 Å². The molecule has 2 aromatic rings. The van der Waals surface area contributed by atoms with E-state index in [1.165, 1.54) is 12.1 Å². The van der Waals surface area contributed by atoms with Crippen LogP contribution in [0.3, 0.4) is 0 Å². The van der Waals surface area contributed by atoms with E-state index in [9.17, 15) is 14.0 Å². The second-order valence-electron chi connectivity index (χ2n) is 7.33. The van der Waals surface area contributed by atoms with Crippen LogP contribution in [0.15, 0.2) is 28.8 Å². The lowest BCUT2D eigenvalue weighted by Crippen LogP contribution is -2.51. The van der Waals surface area contributed by atoms with Crippen molar-refractivity contribution in [1.29, 1.82) is 0 Å². The monoisotopic (exact) mass is 388 g/mol. The van der Waals surface area contributed by atoms with Crippen LogP contribution in [0.25, 0.3) is 0 Å². The summed E-state index contributed by atoms with van der Waals surface area (Å²) in [5.41, 5.74) is 0.955. The van der Waals surface area contributed by atoms with Crippen molar-refractivity contribution in [3.8, 4) is 0 Å². The number of hydrogen-bond acceptors (Lipinski definition) is 5. The first kappa shape index (κ1) is 20.0. The largest absolute Gasteiger partial charge is 0.466 e. The van der Waals surface area contributed by atoms with Crippen molar-refractivity contribution in [2.75, 3.05) is 19.7 Å². The van der Waals surface area contributed by atoms with Gasteiger partial charge >= 0.3 is 5.97 Å². The van der Waals surface area contributed by atoms with Crippen LogP contribution in [0, 0.1) is 25.1 Å². The molecule has 0 spiro atoms. The zero-order valence-corrected chi connectivity index (χ0v) is 16.5. The molecule has 2 heterocycles. The molecule has 1 aromatic carbocycles. The van der Waals surface area contributed by atoms with Crippen molar-refractivity contribution in [3.63, 3.8) is 0 Å². The predicted molar refractivity (Wildman–Crippen MR) is 100 cm³/mol. The van der Waals surface area contributed by atoms with Crippen LogP contribution in [0.4, 0.5) is 4.39 Å². The van der Waals surface area contributed by atoms with Crippen LogP contribution >= 0.6 is 0 Å². The fourth-order valence-corrected chi connectivity index (χ4v) is 3.91. The molecule has 6 nitrogen and oxygen atoms in total. The average Bonchev–Trinajstić information content (AvgIpc) is 3.02. The first-order valence-corrected chi connectivity index (χ1v) is 9.50. The highest BCUT2D eigenvalue weighted by Gasteiger charge is 2.45. The van der Waals surface area contributed by atoms with E-state index in [4.69, 9.17) is 9.26 Å². The number of carbonyl (C=O) groups excluding carboxylic acids is 2. The lowest BCUT2D eigenvalue weighted by Gasteiger charge is -2.41. The zero-order chi connectivity index (χ0) is 20.3. The highest BCUT2D eigenvalue weighted by Crippen LogP contribution is 2.36. The number of amides is 1. The number of aryl methyl sites for hydroxylation is 2. The Bertz CT molecular complexity index is 842. The summed E-state index contributed by atoms with van der Waals surface area (Å²) in [6.45, 7) is 6.25. The van der Waals surface area contributed by atoms with Crippen LogP contribution in [0.1, 0.15) is 47.1 Å². The molecule has 0 N–H and O–H groups in total. The Labute approximate surface area is 163 Å². The van der Waals surface area contributed by atoms with Crippen molar-refractivity contribution >= 4 is 11.9 Å². The van der Waals surface area contributed by atoms with Crippen molar-refractivity contribution < 1.29 is 23.2 Å². The molecule has 150 valence electrons. The van der Waals surface area contributed by atoms with Gasteiger partial charge in [-0.15, -0.1) is 0 Å². The lowest BCUT2D eigenvalue weighted by molar-refractivity contribution is -0.158. The van der Waals surface area contributed by atoms with Crippen LogP contribution in [0.2, 0.25) is 0 Å². The molecule has 1 atom stereocenters. The summed E-state index contributed by atoms with van der Waals surface area (Å²) in [6.07, 6.45) is 1.67. The van der Waals surface area contributed by atoms with E-state index >= 15 is 0 Å². The summed E-state index contributed by atoms with van der Waals surface area (Å²) in [6, 6.07) is 6.10. The molecule has 1 unspecified atom stereocenters. The molecule has 7 heteroatoms. The molecule has 0 bridgehead atoms. The summed E-state index contributed by atoms with van der Waals surface area (Å²) >= 11 is 0. The standard InChI is InChI=1S/C21H25FN2O4/c1-4-27-20(26)21(12-16-6-8-17(22)9-7-16)10-5-11-24(13-21)19(25)18-14(2)23-28-15(18)3/h6-9H,4-5,10-13H2,1-3H3. The Morgan fingerprint density at radius 1 is 1.29 bits per heavy atom. The summed E-state index contributed by atoms with van der Waals surface area (Å²) in [7, 11) is 0. The molecular formula is C21H25FN2O4. The normalized spacial score (nSPS) is 19.5. The fourth-order valence-electron chi connectivity index (χ4n) is 3.91. The van der Waals surface area contributed by atoms with E-state index in [1.54, 1.807) is 37.8 Å². The first-order chi connectivity index (χ1) is 13.4.